The predicted octanol–water partition coefficient (Wildman–Crippen LogP) is 2.78. The number of anilines is 3. The Morgan fingerprint density at radius 3 is 2.70 bits per heavy atom. The van der Waals surface area contributed by atoms with Gasteiger partial charge in [-0.3, -0.25) is 0 Å². The van der Waals surface area contributed by atoms with Gasteiger partial charge in [0.1, 0.15) is 18.0 Å². The van der Waals surface area contributed by atoms with Crippen molar-refractivity contribution in [3.05, 3.63) is 41.2 Å². The summed E-state index contributed by atoms with van der Waals surface area (Å²) in [6.07, 6.45) is 2.05. The van der Waals surface area contributed by atoms with E-state index in [1.54, 1.807) is 12.1 Å². The van der Waals surface area contributed by atoms with Crippen molar-refractivity contribution < 1.29 is 8.42 Å². The molecular weight excluding hydrogens is 336 g/mol. The van der Waals surface area contributed by atoms with Crippen LogP contribution in [0.15, 0.2) is 30.6 Å². The molecule has 8 heteroatoms. The second-order valence-electron chi connectivity index (χ2n) is 5.62. The van der Waals surface area contributed by atoms with Crippen LogP contribution in [-0.2, 0) is 9.84 Å². The third-order valence-corrected chi connectivity index (χ3v) is 5.71. The second kappa shape index (κ2) is 6.33. The van der Waals surface area contributed by atoms with E-state index in [9.17, 15) is 8.42 Å². The van der Waals surface area contributed by atoms with E-state index in [-0.39, 0.29) is 17.5 Å². The minimum Gasteiger partial charge on any atom is -0.366 e. The molecule has 23 heavy (non-hydrogen) atoms. The van der Waals surface area contributed by atoms with Crippen LogP contribution in [0.4, 0.5) is 17.3 Å². The Labute approximate surface area is 140 Å². The zero-order valence-corrected chi connectivity index (χ0v) is 14.2. The van der Waals surface area contributed by atoms with Gasteiger partial charge in [0, 0.05) is 22.8 Å². The van der Waals surface area contributed by atoms with Gasteiger partial charge in [0.15, 0.2) is 9.84 Å². The Morgan fingerprint density at radius 2 is 2.00 bits per heavy atom. The van der Waals surface area contributed by atoms with Crippen molar-refractivity contribution in [2.75, 3.05) is 22.1 Å². The molecule has 1 aromatic heterocycles. The molecule has 1 aromatic carbocycles. The summed E-state index contributed by atoms with van der Waals surface area (Å²) >= 11 is 5.95. The van der Waals surface area contributed by atoms with E-state index in [0.717, 1.165) is 11.3 Å². The van der Waals surface area contributed by atoms with E-state index in [0.29, 0.717) is 23.1 Å². The zero-order chi connectivity index (χ0) is 16.4. The molecule has 1 unspecified atom stereocenters. The summed E-state index contributed by atoms with van der Waals surface area (Å²) in [5.41, 5.74) is 1.91. The highest BCUT2D eigenvalue weighted by Crippen LogP contribution is 2.24. The summed E-state index contributed by atoms with van der Waals surface area (Å²) in [6.45, 7) is 1.96. The monoisotopic (exact) mass is 352 g/mol. The summed E-state index contributed by atoms with van der Waals surface area (Å²) in [7, 11) is -2.92. The van der Waals surface area contributed by atoms with Crippen LogP contribution in [0.5, 0.6) is 0 Å². The lowest BCUT2D eigenvalue weighted by atomic mass is 10.2. The maximum atomic E-state index is 11.5. The molecule has 1 saturated heterocycles. The third-order valence-electron chi connectivity index (χ3n) is 3.70. The van der Waals surface area contributed by atoms with Crippen LogP contribution < -0.4 is 10.6 Å². The molecule has 122 valence electrons. The first-order valence-corrected chi connectivity index (χ1v) is 9.43. The molecule has 2 heterocycles. The fourth-order valence-corrected chi connectivity index (χ4v) is 4.43. The first-order chi connectivity index (χ1) is 10.9. The molecule has 2 aromatic rings. The summed E-state index contributed by atoms with van der Waals surface area (Å²) in [6, 6.07) is 7.23. The van der Waals surface area contributed by atoms with Crippen LogP contribution >= 0.6 is 11.6 Å². The van der Waals surface area contributed by atoms with E-state index >= 15 is 0 Å². The van der Waals surface area contributed by atoms with Crippen molar-refractivity contribution >= 4 is 38.8 Å². The van der Waals surface area contributed by atoms with Crippen molar-refractivity contribution in [3.8, 4) is 0 Å². The van der Waals surface area contributed by atoms with Crippen LogP contribution in [0.3, 0.4) is 0 Å². The molecule has 0 radical (unpaired) electrons. The SMILES string of the molecule is Cc1cc(Cl)ccc1Nc1cc(NC2CCS(=O)(=O)C2)ncn1. The minimum absolute atomic E-state index is 0.0972. The van der Waals surface area contributed by atoms with Crippen LogP contribution in [0.2, 0.25) is 5.02 Å². The Hall–Kier alpha value is -1.86. The van der Waals surface area contributed by atoms with E-state index in [1.165, 1.54) is 6.33 Å². The molecule has 3 rings (SSSR count). The number of benzene rings is 1. The average molecular weight is 353 g/mol. The van der Waals surface area contributed by atoms with Gasteiger partial charge in [-0.05, 0) is 37.1 Å². The molecule has 0 amide bonds. The Balaban J connectivity index is 1.72. The molecule has 6 nitrogen and oxygen atoms in total. The number of rotatable bonds is 4. The average Bonchev–Trinajstić information content (AvgIpc) is 2.81. The van der Waals surface area contributed by atoms with Crippen molar-refractivity contribution in [2.24, 2.45) is 0 Å². The molecule has 1 aliphatic heterocycles. The lowest BCUT2D eigenvalue weighted by Crippen LogP contribution is -2.21. The summed E-state index contributed by atoms with van der Waals surface area (Å²) < 4.78 is 23.0. The molecule has 2 N–H and O–H groups in total. The quantitative estimate of drug-likeness (QED) is 0.880. The molecule has 0 aliphatic carbocycles. The number of hydrogen-bond donors (Lipinski definition) is 2. The van der Waals surface area contributed by atoms with Crippen LogP contribution in [0, 0.1) is 6.92 Å². The number of nitrogens with one attached hydrogen (secondary N) is 2. The smallest absolute Gasteiger partial charge is 0.152 e. The lowest BCUT2D eigenvalue weighted by molar-refractivity contribution is 0.602. The Kier molecular flexibility index (Phi) is 4.41. The van der Waals surface area contributed by atoms with Gasteiger partial charge in [0.2, 0.25) is 0 Å². The van der Waals surface area contributed by atoms with E-state index in [2.05, 4.69) is 20.6 Å². The largest absolute Gasteiger partial charge is 0.366 e. The Bertz CT molecular complexity index is 826. The highest BCUT2D eigenvalue weighted by atomic mass is 35.5. The van der Waals surface area contributed by atoms with Gasteiger partial charge in [-0.1, -0.05) is 11.6 Å². The first-order valence-electron chi connectivity index (χ1n) is 7.23. The minimum atomic E-state index is -2.92. The zero-order valence-electron chi connectivity index (χ0n) is 12.6. The van der Waals surface area contributed by atoms with Crippen molar-refractivity contribution in [1.29, 1.82) is 0 Å². The number of sulfone groups is 1. The van der Waals surface area contributed by atoms with E-state index in [1.807, 2.05) is 19.1 Å². The molecular formula is C15H17ClN4O2S. The number of halogens is 1. The highest BCUT2D eigenvalue weighted by molar-refractivity contribution is 7.91. The van der Waals surface area contributed by atoms with Gasteiger partial charge in [-0.2, -0.15) is 0 Å². The van der Waals surface area contributed by atoms with Crippen molar-refractivity contribution in [2.45, 2.75) is 19.4 Å². The molecule has 1 atom stereocenters. The maximum Gasteiger partial charge on any atom is 0.152 e. The predicted molar refractivity (Wildman–Crippen MR) is 92.2 cm³/mol. The summed E-state index contributed by atoms with van der Waals surface area (Å²) in [5, 5.41) is 7.05. The van der Waals surface area contributed by atoms with Gasteiger partial charge in [-0.15, -0.1) is 0 Å². The van der Waals surface area contributed by atoms with Crippen LogP contribution in [0.25, 0.3) is 0 Å². The van der Waals surface area contributed by atoms with Gasteiger partial charge in [0.05, 0.1) is 11.5 Å². The van der Waals surface area contributed by atoms with Gasteiger partial charge in [0.25, 0.3) is 0 Å². The number of aromatic nitrogens is 2. The van der Waals surface area contributed by atoms with Crippen LogP contribution in [0.1, 0.15) is 12.0 Å². The summed E-state index contributed by atoms with van der Waals surface area (Å²) in [5.74, 6) is 1.62. The fraction of sp³-hybridized carbons (Fsp3) is 0.333. The third kappa shape index (κ3) is 4.11. The highest BCUT2D eigenvalue weighted by Gasteiger charge is 2.27. The molecule has 0 bridgehead atoms. The second-order valence-corrected chi connectivity index (χ2v) is 8.28. The first kappa shape index (κ1) is 16.0. The molecule has 1 aliphatic rings. The van der Waals surface area contributed by atoms with Gasteiger partial charge < -0.3 is 10.6 Å². The van der Waals surface area contributed by atoms with Crippen molar-refractivity contribution in [1.82, 2.24) is 9.97 Å². The normalized spacial score (nSPS) is 19.5. The number of nitrogens with zero attached hydrogens (tertiary/aromatic N) is 2. The standard InChI is InChI=1S/C15H17ClN4O2S/c1-10-6-11(16)2-3-13(10)20-15-7-14(17-9-18-15)19-12-4-5-23(21,22)8-12/h2-3,6-7,9,12H,4-5,8H2,1H3,(H2,17,18,19,20). The number of hydrogen-bond acceptors (Lipinski definition) is 6. The molecule has 0 saturated carbocycles. The summed E-state index contributed by atoms with van der Waals surface area (Å²) in [4.78, 5) is 8.34. The topological polar surface area (TPSA) is 84.0 Å². The van der Waals surface area contributed by atoms with Gasteiger partial charge >= 0.3 is 0 Å². The number of aryl methyl sites for hydroxylation is 1. The van der Waals surface area contributed by atoms with Crippen molar-refractivity contribution in [3.63, 3.8) is 0 Å². The maximum absolute atomic E-state index is 11.5. The molecule has 0 spiro atoms. The van der Waals surface area contributed by atoms with E-state index < -0.39 is 9.84 Å². The van der Waals surface area contributed by atoms with Crippen LogP contribution in [-0.4, -0.2) is 35.9 Å². The van der Waals surface area contributed by atoms with Gasteiger partial charge in [-0.25, -0.2) is 18.4 Å². The molecule has 1 fully saturated rings. The fourth-order valence-electron chi connectivity index (χ4n) is 2.53. The lowest BCUT2D eigenvalue weighted by Gasteiger charge is -2.13. The van der Waals surface area contributed by atoms with E-state index in [4.69, 9.17) is 11.6 Å². The Morgan fingerprint density at radius 1 is 1.22 bits per heavy atom.